The molecule has 1 aliphatic rings. The van der Waals surface area contributed by atoms with Gasteiger partial charge in [0.15, 0.2) is 0 Å². The highest BCUT2D eigenvalue weighted by atomic mass is 15.2. The number of aryl methyl sites for hydroxylation is 1. The van der Waals surface area contributed by atoms with Gasteiger partial charge in [-0.3, -0.25) is 0 Å². The number of aromatic nitrogens is 2. The Morgan fingerprint density at radius 1 is 1.33 bits per heavy atom. The minimum Gasteiger partial charge on any atom is -0.359 e. The van der Waals surface area contributed by atoms with Gasteiger partial charge in [0.25, 0.3) is 0 Å². The fourth-order valence-electron chi connectivity index (χ4n) is 2.28. The van der Waals surface area contributed by atoms with E-state index < -0.39 is 0 Å². The molecule has 5 nitrogen and oxygen atoms in total. The van der Waals surface area contributed by atoms with E-state index in [1.807, 2.05) is 6.92 Å². The first-order valence-electron chi connectivity index (χ1n) is 6.72. The van der Waals surface area contributed by atoms with Gasteiger partial charge < -0.3 is 15.5 Å². The molecule has 1 aromatic rings. The van der Waals surface area contributed by atoms with Crippen molar-refractivity contribution in [2.24, 2.45) is 5.73 Å². The normalized spacial score (nSPS) is 15.2. The van der Waals surface area contributed by atoms with Gasteiger partial charge in [0, 0.05) is 32.7 Å². The van der Waals surface area contributed by atoms with Gasteiger partial charge in [-0.05, 0) is 32.7 Å². The average Bonchev–Trinajstić information content (AvgIpc) is 2.89. The lowest BCUT2D eigenvalue weighted by Crippen LogP contribution is -2.24. The Balaban J connectivity index is 2.14. The standard InChI is InChI=1S/C13H23N5/c1-11-15-12(17(2)7-5-6-14)10-13(16-11)18-8-3-4-9-18/h10H,3-9,14H2,1-2H3. The molecule has 2 heterocycles. The molecule has 0 aliphatic carbocycles. The van der Waals surface area contributed by atoms with Crippen molar-refractivity contribution >= 4 is 11.6 Å². The zero-order chi connectivity index (χ0) is 13.0. The molecule has 0 unspecified atom stereocenters. The highest BCUT2D eigenvalue weighted by Gasteiger charge is 2.15. The Bertz CT molecular complexity index is 387. The summed E-state index contributed by atoms with van der Waals surface area (Å²) in [7, 11) is 2.06. The Morgan fingerprint density at radius 3 is 2.72 bits per heavy atom. The van der Waals surface area contributed by atoms with Crippen LogP contribution in [-0.4, -0.2) is 43.2 Å². The van der Waals surface area contributed by atoms with Crippen molar-refractivity contribution < 1.29 is 0 Å². The lowest BCUT2D eigenvalue weighted by molar-refractivity contribution is 0.780. The molecule has 0 atom stereocenters. The molecular weight excluding hydrogens is 226 g/mol. The van der Waals surface area contributed by atoms with Crippen LogP contribution >= 0.6 is 0 Å². The lowest BCUT2D eigenvalue weighted by atomic mass is 10.3. The van der Waals surface area contributed by atoms with Crippen LogP contribution in [0.3, 0.4) is 0 Å². The number of nitrogens with two attached hydrogens (primary N) is 1. The number of anilines is 2. The van der Waals surface area contributed by atoms with Gasteiger partial charge in [-0.25, -0.2) is 9.97 Å². The van der Waals surface area contributed by atoms with E-state index in [2.05, 4.69) is 32.9 Å². The Morgan fingerprint density at radius 2 is 2.06 bits per heavy atom. The molecule has 0 bridgehead atoms. The van der Waals surface area contributed by atoms with Gasteiger partial charge in [0.05, 0.1) is 0 Å². The molecule has 0 aromatic carbocycles. The molecule has 1 aliphatic heterocycles. The zero-order valence-corrected chi connectivity index (χ0v) is 11.4. The third-order valence-corrected chi connectivity index (χ3v) is 3.33. The SMILES string of the molecule is Cc1nc(N(C)CCCN)cc(N2CCCC2)n1. The van der Waals surface area contributed by atoms with Crippen LogP contribution in [0.1, 0.15) is 25.1 Å². The molecule has 18 heavy (non-hydrogen) atoms. The van der Waals surface area contributed by atoms with Crippen LogP contribution in [0.15, 0.2) is 6.07 Å². The van der Waals surface area contributed by atoms with Crippen molar-refractivity contribution in [1.29, 1.82) is 0 Å². The molecule has 2 rings (SSSR count). The van der Waals surface area contributed by atoms with Crippen LogP contribution in [0.5, 0.6) is 0 Å². The summed E-state index contributed by atoms with van der Waals surface area (Å²) in [5, 5.41) is 0. The molecule has 100 valence electrons. The van der Waals surface area contributed by atoms with E-state index in [4.69, 9.17) is 5.73 Å². The first-order chi connectivity index (χ1) is 8.70. The van der Waals surface area contributed by atoms with E-state index in [9.17, 15) is 0 Å². The fraction of sp³-hybridized carbons (Fsp3) is 0.692. The summed E-state index contributed by atoms with van der Waals surface area (Å²) < 4.78 is 0. The summed E-state index contributed by atoms with van der Waals surface area (Å²) in [6.45, 7) is 5.84. The fourth-order valence-corrected chi connectivity index (χ4v) is 2.28. The zero-order valence-electron chi connectivity index (χ0n) is 11.4. The van der Waals surface area contributed by atoms with Gasteiger partial charge in [-0.15, -0.1) is 0 Å². The van der Waals surface area contributed by atoms with Crippen LogP contribution in [-0.2, 0) is 0 Å². The summed E-state index contributed by atoms with van der Waals surface area (Å²) in [5.74, 6) is 2.90. The van der Waals surface area contributed by atoms with Crippen molar-refractivity contribution in [3.05, 3.63) is 11.9 Å². The number of hydrogen-bond donors (Lipinski definition) is 1. The molecular formula is C13H23N5. The molecule has 1 fully saturated rings. The summed E-state index contributed by atoms with van der Waals surface area (Å²) in [6, 6.07) is 2.09. The van der Waals surface area contributed by atoms with Crippen molar-refractivity contribution in [3.63, 3.8) is 0 Å². The number of nitrogens with zero attached hydrogens (tertiary/aromatic N) is 4. The third kappa shape index (κ3) is 3.10. The van der Waals surface area contributed by atoms with E-state index >= 15 is 0 Å². The van der Waals surface area contributed by atoms with E-state index in [0.717, 1.165) is 43.5 Å². The van der Waals surface area contributed by atoms with Gasteiger partial charge in [-0.1, -0.05) is 0 Å². The van der Waals surface area contributed by atoms with Crippen molar-refractivity contribution in [1.82, 2.24) is 9.97 Å². The summed E-state index contributed by atoms with van der Waals surface area (Å²) in [6.07, 6.45) is 3.52. The highest BCUT2D eigenvalue weighted by molar-refractivity contribution is 5.51. The summed E-state index contributed by atoms with van der Waals surface area (Å²) in [4.78, 5) is 13.5. The van der Waals surface area contributed by atoms with E-state index in [-0.39, 0.29) is 0 Å². The summed E-state index contributed by atoms with van der Waals surface area (Å²) in [5.41, 5.74) is 5.55. The average molecular weight is 249 g/mol. The van der Waals surface area contributed by atoms with Crippen LogP contribution < -0.4 is 15.5 Å². The van der Waals surface area contributed by atoms with Gasteiger partial charge in [0.1, 0.15) is 17.5 Å². The minimum atomic E-state index is 0.716. The minimum absolute atomic E-state index is 0.716. The largest absolute Gasteiger partial charge is 0.359 e. The van der Waals surface area contributed by atoms with E-state index in [1.165, 1.54) is 12.8 Å². The maximum absolute atomic E-state index is 5.55. The molecule has 0 radical (unpaired) electrons. The van der Waals surface area contributed by atoms with Crippen LogP contribution in [0.2, 0.25) is 0 Å². The lowest BCUT2D eigenvalue weighted by Gasteiger charge is -2.22. The van der Waals surface area contributed by atoms with Crippen LogP contribution in [0.25, 0.3) is 0 Å². The molecule has 5 heteroatoms. The predicted octanol–water partition coefficient (Wildman–Crippen LogP) is 1.17. The Kier molecular flexibility index (Phi) is 4.36. The van der Waals surface area contributed by atoms with Gasteiger partial charge >= 0.3 is 0 Å². The van der Waals surface area contributed by atoms with Crippen molar-refractivity contribution in [3.8, 4) is 0 Å². The second-order valence-corrected chi connectivity index (χ2v) is 4.89. The topological polar surface area (TPSA) is 58.3 Å². The highest BCUT2D eigenvalue weighted by Crippen LogP contribution is 2.22. The van der Waals surface area contributed by atoms with Crippen molar-refractivity contribution in [2.45, 2.75) is 26.2 Å². The molecule has 1 saturated heterocycles. The van der Waals surface area contributed by atoms with E-state index in [0.29, 0.717) is 6.54 Å². The first-order valence-corrected chi connectivity index (χ1v) is 6.72. The van der Waals surface area contributed by atoms with Crippen LogP contribution in [0.4, 0.5) is 11.6 Å². The first kappa shape index (κ1) is 13.1. The second kappa shape index (κ2) is 6.00. The smallest absolute Gasteiger partial charge is 0.134 e. The molecule has 1 aromatic heterocycles. The molecule has 2 N–H and O–H groups in total. The van der Waals surface area contributed by atoms with Crippen molar-refractivity contribution in [2.75, 3.05) is 43.0 Å². The number of rotatable bonds is 5. The quantitative estimate of drug-likeness (QED) is 0.849. The predicted molar refractivity (Wildman–Crippen MR) is 75.2 cm³/mol. The van der Waals surface area contributed by atoms with Gasteiger partial charge in [-0.2, -0.15) is 0 Å². The monoisotopic (exact) mass is 249 g/mol. The maximum Gasteiger partial charge on any atom is 0.134 e. The van der Waals surface area contributed by atoms with Gasteiger partial charge in [0.2, 0.25) is 0 Å². The van der Waals surface area contributed by atoms with Crippen LogP contribution in [0, 0.1) is 6.92 Å². The Labute approximate surface area is 109 Å². The molecule has 0 amide bonds. The number of hydrogen-bond acceptors (Lipinski definition) is 5. The third-order valence-electron chi connectivity index (χ3n) is 3.33. The second-order valence-electron chi connectivity index (χ2n) is 4.89. The maximum atomic E-state index is 5.55. The molecule has 0 spiro atoms. The summed E-state index contributed by atoms with van der Waals surface area (Å²) >= 11 is 0. The Hall–Kier alpha value is -1.36. The molecule has 0 saturated carbocycles. The van der Waals surface area contributed by atoms with E-state index in [1.54, 1.807) is 0 Å².